The molecule has 5 nitrogen and oxygen atoms in total. The predicted molar refractivity (Wildman–Crippen MR) is 137 cm³/mol. The van der Waals surface area contributed by atoms with E-state index in [-0.39, 0.29) is 5.91 Å². The molecule has 4 aromatic rings. The SMILES string of the molecule is CCCCc1ccc(-n2nc3cc(Cl)c(NC(=O)C=Cc4ccc(Cl)cc4Cl)cc3n2)cc1. The molecule has 1 amide bonds. The van der Waals surface area contributed by atoms with Gasteiger partial charge in [0.05, 0.1) is 16.4 Å². The summed E-state index contributed by atoms with van der Waals surface area (Å²) in [6.45, 7) is 2.18. The van der Waals surface area contributed by atoms with E-state index in [2.05, 4.69) is 34.6 Å². The number of nitrogens with one attached hydrogen (secondary N) is 1. The molecule has 0 unspecified atom stereocenters. The van der Waals surface area contributed by atoms with Crippen molar-refractivity contribution in [2.24, 2.45) is 0 Å². The largest absolute Gasteiger partial charge is 0.321 e. The van der Waals surface area contributed by atoms with Crippen molar-refractivity contribution in [1.82, 2.24) is 15.0 Å². The molecule has 8 heteroatoms. The van der Waals surface area contributed by atoms with Crippen molar-refractivity contribution in [3.05, 3.63) is 86.9 Å². The van der Waals surface area contributed by atoms with Gasteiger partial charge < -0.3 is 5.32 Å². The first kappa shape index (κ1) is 23.3. The van der Waals surface area contributed by atoms with Gasteiger partial charge in [-0.3, -0.25) is 4.79 Å². The van der Waals surface area contributed by atoms with Crippen molar-refractivity contribution < 1.29 is 4.79 Å². The van der Waals surface area contributed by atoms with Crippen LogP contribution in [0.2, 0.25) is 15.1 Å². The molecule has 4 rings (SSSR count). The zero-order valence-corrected chi connectivity index (χ0v) is 20.1. The van der Waals surface area contributed by atoms with Gasteiger partial charge in [0, 0.05) is 16.1 Å². The molecule has 3 aromatic carbocycles. The highest BCUT2D eigenvalue weighted by Crippen LogP contribution is 2.27. The van der Waals surface area contributed by atoms with Gasteiger partial charge in [0.1, 0.15) is 11.0 Å². The van der Waals surface area contributed by atoms with Gasteiger partial charge in [-0.25, -0.2) is 0 Å². The van der Waals surface area contributed by atoms with Gasteiger partial charge in [0.15, 0.2) is 0 Å². The molecule has 0 saturated carbocycles. The number of carbonyl (C=O) groups excluding carboxylic acids is 1. The summed E-state index contributed by atoms with van der Waals surface area (Å²) in [7, 11) is 0. The Morgan fingerprint density at radius 2 is 1.70 bits per heavy atom. The van der Waals surface area contributed by atoms with Gasteiger partial charge in [0.2, 0.25) is 5.91 Å². The first-order valence-electron chi connectivity index (χ1n) is 10.5. The van der Waals surface area contributed by atoms with Crippen LogP contribution in [-0.2, 0) is 11.2 Å². The highest BCUT2D eigenvalue weighted by molar-refractivity contribution is 6.36. The van der Waals surface area contributed by atoms with Crippen LogP contribution in [0.4, 0.5) is 5.69 Å². The molecule has 1 aromatic heterocycles. The second-order valence-electron chi connectivity index (χ2n) is 7.57. The molecule has 168 valence electrons. The van der Waals surface area contributed by atoms with E-state index >= 15 is 0 Å². The number of amides is 1. The number of carbonyl (C=O) groups is 1. The molecule has 33 heavy (non-hydrogen) atoms. The van der Waals surface area contributed by atoms with Crippen LogP contribution in [0.25, 0.3) is 22.8 Å². The van der Waals surface area contributed by atoms with Crippen LogP contribution in [-0.4, -0.2) is 20.9 Å². The zero-order chi connectivity index (χ0) is 23.4. The van der Waals surface area contributed by atoms with Crippen molar-refractivity contribution in [3.8, 4) is 5.69 Å². The van der Waals surface area contributed by atoms with Crippen molar-refractivity contribution in [3.63, 3.8) is 0 Å². The molecule has 0 spiro atoms. The van der Waals surface area contributed by atoms with Crippen molar-refractivity contribution in [1.29, 1.82) is 0 Å². The number of aromatic nitrogens is 3. The standard InChI is InChI=1S/C25H21Cl3N4O/c1-2-3-4-16-5-10-19(11-6-16)32-30-23-14-21(28)22(15-24(23)31-32)29-25(33)12-8-17-7-9-18(26)13-20(17)27/h5-15H,2-4H2,1H3,(H,29,33). The van der Waals surface area contributed by atoms with E-state index < -0.39 is 0 Å². The molecule has 0 aliphatic heterocycles. The summed E-state index contributed by atoms with van der Waals surface area (Å²) in [6.07, 6.45) is 6.38. The van der Waals surface area contributed by atoms with E-state index in [1.807, 2.05) is 12.1 Å². The third-order valence-corrected chi connectivity index (χ3v) is 5.97. The third kappa shape index (κ3) is 5.74. The number of halogens is 3. The molecule has 0 aliphatic rings. The molecule has 1 heterocycles. The number of hydrogen-bond acceptors (Lipinski definition) is 3. The van der Waals surface area contributed by atoms with E-state index in [4.69, 9.17) is 34.8 Å². The number of benzene rings is 3. The molecule has 0 bridgehead atoms. The van der Waals surface area contributed by atoms with Crippen LogP contribution in [0.3, 0.4) is 0 Å². The maximum absolute atomic E-state index is 12.4. The first-order chi connectivity index (χ1) is 15.9. The summed E-state index contributed by atoms with van der Waals surface area (Å²) in [5.41, 5.74) is 4.53. The lowest BCUT2D eigenvalue weighted by Crippen LogP contribution is -2.08. The molecular formula is C25H21Cl3N4O. The monoisotopic (exact) mass is 498 g/mol. The van der Waals surface area contributed by atoms with Gasteiger partial charge in [-0.1, -0.05) is 66.3 Å². The Balaban J connectivity index is 1.51. The summed E-state index contributed by atoms with van der Waals surface area (Å²) in [4.78, 5) is 14.0. The number of rotatable bonds is 7. The summed E-state index contributed by atoms with van der Waals surface area (Å²) in [6, 6.07) is 16.6. The fraction of sp³-hybridized carbons (Fsp3) is 0.160. The number of hydrogen-bond donors (Lipinski definition) is 1. The Morgan fingerprint density at radius 3 is 2.39 bits per heavy atom. The quantitative estimate of drug-likeness (QED) is 0.270. The van der Waals surface area contributed by atoms with Crippen LogP contribution < -0.4 is 5.32 Å². The Kier molecular flexibility index (Phi) is 7.33. The molecule has 0 atom stereocenters. The lowest BCUT2D eigenvalue weighted by atomic mass is 10.1. The van der Waals surface area contributed by atoms with Crippen LogP contribution in [0.1, 0.15) is 30.9 Å². The van der Waals surface area contributed by atoms with Gasteiger partial charge in [-0.15, -0.1) is 10.2 Å². The average Bonchev–Trinajstić information content (AvgIpc) is 3.20. The van der Waals surface area contributed by atoms with Crippen LogP contribution in [0.15, 0.2) is 60.7 Å². The topological polar surface area (TPSA) is 59.8 Å². The Hall–Kier alpha value is -2.86. The number of unbranched alkanes of at least 4 members (excludes halogenated alkanes) is 1. The maximum Gasteiger partial charge on any atom is 0.248 e. The Morgan fingerprint density at radius 1 is 0.970 bits per heavy atom. The fourth-order valence-corrected chi connectivity index (χ4v) is 3.98. The maximum atomic E-state index is 12.4. The van der Waals surface area contributed by atoms with Gasteiger partial charge in [-0.05, 0) is 66.4 Å². The molecular weight excluding hydrogens is 479 g/mol. The average molecular weight is 500 g/mol. The second-order valence-corrected chi connectivity index (χ2v) is 8.82. The van der Waals surface area contributed by atoms with Crippen LogP contribution >= 0.6 is 34.8 Å². The number of anilines is 1. The number of nitrogens with zero attached hydrogens (tertiary/aromatic N) is 3. The van der Waals surface area contributed by atoms with Crippen molar-refractivity contribution in [2.45, 2.75) is 26.2 Å². The van der Waals surface area contributed by atoms with E-state index in [1.165, 1.54) is 11.6 Å². The summed E-state index contributed by atoms with van der Waals surface area (Å²) >= 11 is 18.4. The van der Waals surface area contributed by atoms with Crippen LogP contribution in [0, 0.1) is 0 Å². The predicted octanol–water partition coefficient (Wildman–Crippen LogP) is 7.38. The zero-order valence-electron chi connectivity index (χ0n) is 17.9. The minimum atomic E-state index is -0.350. The number of fused-ring (bicyclic) bond motifs is 1. The lowest BCUT2D eigenvalue weighted by molar-refractivity contribution is -0.111. The lowest BCUT2D eigenvalue weighted by Gasteiger charge is -2.04. The summed E-state index contributed by atoms with van der Waals surface area (Å²) in [5.74, 6) is -0.350. The molecule has 0 radical (unpaired) electrons. The first-order valence-corrected chi connectivity index (χ1v) is 11.7. The molecule has 1 N–H and O–H groups in total. The number of aryl methyl sites for hydroxylation is 1. The van der Waals surface area contributed by atoms with Crippen molar-refractivity contribution in [2.75, 3.05) is 5.32 Å². The van der Waals surface area contributed by atoms with E-state index in [1.54, 1.807) is 41.2 Å². The van der Waals surface area contributed by atoms with E-state index in [0.717, 1.165) is 24.9 Å². The van der Waals surface area contributed by atoms with Gasteiger partial charge in [0.25, 0.3) is 0 Å². The fourth-order valence-electron chi connectivity index (χ4n) is 3.30. The molecule has 0 saturated heterocycles. The minimum Gasteiger partial charge on any atom is -0.321 e. The van der Waals surface area contributed by atoms with Gasteiger partial charge in [-0.2, -0.15) is 4.80 Å². The third-order valence-electron chi connectivity index (χ3n) is 5.09. The smallest absolute Gasteiger partial charge is 0.248 e. The second kappa shape index (κ2) is 10.4. The summed E-state index contributed by atoms with van der Waals surface area (Å²) < 4.78 is 0. The van der Waals surface area contributed by atoms with Crippen molar-refractivity contribution >= 4 is 63.5 Å². The van der Waals surface area contributed by atoms with E-state index in [9.17, 15) is 4.79 Å². The molecule has 0 fully saturated rings. The van der Waals surface area contributed by atoms with Gasteiger partial charge >= 0.3 is 0 Å². The minimum absolute atomic E-state index is 0.350. The highest BCUT2D eigenvalue weighted by Gasteiger charge is 2.11. The Bertz CT molecular complexity index is 1330. The normalized spacial score (nSPS) is 11.4. The highest BCUT2D eigenvalue weighted by atomic mass is 35.5. The Labute approximate surface area is 207 Å². The van der Waals surface area contributed by atoms with Crippen LogP contribution in [0.5, 0.6) is 0 Å². The summed E-state index contributed by atoms with van der Waals surface area (Å²) in [5, 5.41) is 13.2. The molecule has 0 aliphatic carbocycles. The van der Waals surface area contributed by atoms with E-state index in [0.29, 0.717) is 37.4 Å².